The molecule has 1 aliphatic rings. The first-order valence-electron chi connectivity index (χ1n) is 6.93. The number of hydrogen-bond donors (Lipinski definition) is 1. The summed E-state index contributed by atoms with van der Waals surface area (Å²) in [6.45, 7) is 5.09. The number of hydrogen-bond acceptors (Lipinski definition) is 5. The number of aromatic amines is 1. The van der Waals surface area contributed by atoms with E-state index in [9.17, 15) is 14.4 Å². The summed E-state index contributed by atoms with van der Waals surface area (Å²) in [5.41, 5.74) is 2.08. The first-order chi connectivity index (χ1) is 9.91. The molecule has 0 unspecified atom stereocenters. The average Bonchev–Trinajstić information content (AvgIpc) is 3.03. The second-order valence-electron chi connectivity index (χ2n) is 5.21. The van der Waals surface area contributed by atoms with E-state index in [1.807, 2.05) is 0 Å². The van der Waals surface area contributed by atoms with E-state index in [1.165, 1.54) is 6.92 Å². The molecule has 1 N–H and O–H groups in total. The highest BCUT2D eigenvalue weighted by Crippen LogP contribution is 2.19. The zero-order valence-electron chi connectivity index (χ0n) is 12.4. The van der Waals surface area contributed by atoms with Crippen molar-refractivity contribution in [2.75, 3.05) is 13.2 Å². The number of Topliss-reactive ketones (excluding diaryl/α,β-unsaturated/α-hetero) is 2. The van der Waals surface area contributed by atoms with Gasteiger partial charge in [0, 0.05) is 17.9 Å². The summed E-state index contributed by atoms with van der Waals surface area (Å²) in [7, 11) is 0. The van der Waals surface area contributed by atoms with Crippen LogP contribution in [0.5, 0.6) is 0 Å². The molecule has 1 saturated heterocycles. The van der Waals surface area contributed by atoms with Crippen LogP contribution in [0, 0.1) is 13.8 Å². The van der Waals surface area contributed by atoms with E-state index >= 15 is 0 Å². The van der Waals surface area contributed by atoms with Gasteiger partial charge in [-0.3, -0.25) is 9.59 Å². The number of esters is 1. The first kappa shape index (κ1) is 15.4. The molecule has 114 valence electrons. The smallest absolute Gasteiger partial charge is 0.335 e. The van der Waals surface area contributed by atoms with Crippen LogP contribution in [0.4, 0.5) is 0 Å². The van der Waals surface area contributed by atoms with Gasteiger partial charge in [0.25, 0.3) is 0 Å². The topological polar surface area (TPSA) is 85.5 Å². The highest BCUT2D eigenvalue weighted by atomic mass is 16.6. The minimum atomic E-state index is -0.558. The minimum Gasteiger partial charge on any atom is -0.455 e. The molecule has 1 fully saturated rings. The number of rotatable bonds is 5. The van der Waals surface area contributed by atoms with Crippen LogP contribution in [0.2, 0.25) is 0 Å². The first-order valence-corrected chi connectivity index (χ1v) is 6.93. The van der Waals surface area contributed by atoms with Gasteiger partial charge in [-0.05, 0) is 39.2 Å². The van der Waals surface area contributed by atoms with E-state index < -0.39 is 12.1 Å². The summed E-state index contributed by atoms with van der Waals surface area (Å²) in [6.07, 6.45) is 0.893. The van der Waals surface area contributed by atoms with Crippen LogP contribution in [-0.4, -0.2) is 41.8 Å². The summed E-state index contributed by atoms with van der Waals surface area (Å²) in [6, 6.07) is 0. The van der Waals surface area contributed by atoms with Crippen LogP contribution in [0.1, 0.15) is 51.9 Å². The molecule has 0 aromatic carbocycles. The average molecular weight is 293 g/mol. The van der Waals surface area contributed by atoms with E-state index in [1.54, 1.807) is 13.8 Å². The van der Waals surface area contributed by atoms with Gasteiger partial charge >= 0.3 is 5.97 Å². The molecule has 0 bridgehead atoms. The standard InChI is InChI=1S/C15H19NO5/c1-8-13(10(3)17)9(2)16-14(8)11(18)7-21-15(19)12-5-4-6-20-12/h12,16H,4-7H2,1-3H3/t12-/m1/s1. The lowest BCUT2D eigenvalue weighted by atomic mass is 10.1. The lowest BCUT2D eigenvalue weighted by Crippen LogP contribution is -2.25. The maximum atomic E-state index is 12.1. The fourth-order valence-corrected chi connectivity index (χ4v) is 2.62. The Morgan fingerprint density at radius 3 is 2.57 bits per heavy atom. The van der Waals surface area contributed by atoms with E-state index in [4.69, 9.17) is 9.47 Å². The number of carbonyl (C=O) groups is 3. The third-order valence-electron chi connectivity index (χ3n) is 3.61. The van der Waals surface area contributed by atoms with Crippen LogP contribution >= 0.6 is 0 Å². The largest absolute Gasteiger partial charge is 0.455 e. The van der Waals surface area contributed by atoms with Gasteiger partial charge in [-0.2, -0.15) is 0 Å². The predicted octanol–water partition coefficient (Wildman–Crippen LogP) is 1.74. The van der Waals surface area contributed by atoms with Gasteiger partial charge in [-0.25, -0.2) is 4.79 Å². The lowest BCUT2D eigenvalue weighted by molar-refractivity contribution is -0.153. The summed E-state index contributed by atoms with van der Waals surface area (Å²) in [4.78, 5) is 38.2. The Morgan fingerprint density at radius 2 is 2.05 bits per heavy atom. The van der Waals surface area contributed by atoms with E-state index in [0.29, 0.717) is 35.5 Å². The van der Waals surface area contributed by atoms with Gasteiger partial charge in [0.2, 0.25) is 5.78 Å². The second kappa shape index (κ2) is 6.22. The molecule has 1 aromatic heterocycles. The minimum absolute atomic E-state index is 0.100. The maximum Gasteiger partial charge on any atom is 0.335 e. The molecule has 1 aliphatic heterocycles. The van der Waals surface area contributed by atoms with Crippen molar-refractivity contribution in [3.8, 4) is 0 Å². The van der Waals surface area contributed by atoms with Crippen LogP contribution < -0.4 is 0 Å². The molecule has 1 aromatic rings. The Kier molecular flexibility index (Phi) is 4.57. The van der Waals surface area contributed by atoms with Gasteiger partial charge in [0.1, 0.15) is 0 Å². The Balaban J connectivity index is 2.02. The van der Waals surface area contributed by atoms with Crippen molar-refractivity contribution in [2.45, 2.75) is 39.7 Å². The number of H-pyrrole nitrogens is 1. The molecular weight excluding hydrogens is 274 g/mol. The van der Waals surface area contributed by atoms with E-state index in [2.05, 4.69) is 4.98 Å². The fraction of sp³-hybridized carbons (Fsp3) is 0.533. The van der Waals surface area contributed by atoms with Gasteiger partial charge in [-0.15, -0.1) is 0 Å². The normalized spacial score (nSPS) is 17.8. The predicted molar refractivity (Wildman–Crippen MR) is 74.5 cm³/mol. The highest BCUT2D eigenvalue weighted by Gasteiger charge is 2.26. The zero-order chi connectivity index (χ0) is 15.6. The summed E-state index contributed by atoms with van der Waals surface area (Å²) in [5, 5.41) is 0. The number of aromatic nitrogens is 1. The molecule has 6 nitrogen and oxygen atoms in total. The van der Waals surface area contributed by atoms with Crippen LogP contribution in [0.3, 0.4) is 0 Å². The number of carbonyl (C=O) groups excluding carboxylic acids is 3. The van der Waals surface area contributed by atoms with Crippen molar-refractivity contribution < 1.29 is 23.9 Å². The molecule has 2 rings (SSSR count). The van der Waals surface area contributed by atoms with E-state index in [-0.39, 0.29) is 18.2 Å². The molecular formula is C15H19NO5. The Bertz CT molecular complexity index is 581. The number of ether oxygens (including phenoxy) is 2. The quantitative estimate of drug-likeness (QED) is 0.660. The Morgan fingerprint density at radius 1 is 1.33 bits per heavy atom. The fourth-order valence-electron chi connectivity index (χ4n) is 2.62. The number of ketones is 2. The van der Waals surface area contributed by atoms with Crippen LogP contribution in [0.25, 0.3) is 0 Å². The van der Waals surface area contributed by atoms with Crippen molar-refractivity contribution in [3.05, 3.63) is 22.5 Å². The van der Waals surface area contributed by atoms with Crippen molar-refractivity contribution >= 4 is 17.5 Å². The molecule has 0 amide bonds. The van der Waals surface area contributed by atoms with Gasteiger partial charge in [0.05, 0.1) is 5.69 Å². The summed E-state index contributed by atoms with van der Waals surface area (Å²) in [5.74, 6) is -0.959. The third kappa shape index (κ3) is 3.21. The molecule has 21 heavy (non-hydrogen) atoms. The molecule has 6 heteroatoms. The summed E-state index contributed by atoms with van der Waals surface area (Å²) < 4.78 is 10.2. The number of nitrogens with one attached hydrogen (secondary N) is 1. The van der Waals surface area contributed by atoms with Crippen molar-refractivity contribution in [1.29, 1.82) is 0 Å². The Labute approximate surface area is 122 Å². The summed E-state index contributed by atoms with van der Waals surface area (Å²) >= 11 is 0. The zero-order valence-corrected chi connectivity index (χ0v) is 12.4. The van der Waals surface area contributed by atoms with Crippen molar-refractivity contribution in [2.24, 2.45) is 0 Å². The van der Waals surface area contributed by atoms with Gasteiger partial charge in [0.15, 0.2) is 18.5 Å². The second-order valence-corrected chi connectivity index (χ2v) is 5.21. The molecule has 0 aliphatic carbocycles. The third-order valence-corrected chi connectivity index (χ3v) is 3.61. The van der Waals surface area contributed by atoms with Crippen LogP contribution in [-0.2, 0) is 14.3 Å². The van der Waals surface area contributed by atoms with Gasteiger partial charge < -0.3 is 14.5 Å². The highest BCUT2D eigenvalue weighted by molar-refractivity contribution is 6.04. The Hall–Kier alpha value is -1.95. The van der Waals surface area contributed by atoms with Crippen LogP contribution in [0.15, 0.2) is 0 Å². The number of aryl methyl sites for hydroxylation is 1. The molecule has 2 heterocycles. The van der Waals surface area contributed by atoms with Gasteiger partial charge in [-0.1, -0.05) is 0 Å². The van der Waals surface area contributed by atoms with Crippen molar-refractivity contribution in [3.63, 3.8) is 0 Å². The van der Waals surface area contributed by atoms with Crippen molar-refractivity contribution in [1.82, 2.24) is 4.98 Å². The molecule has 0 saturated carbocycles. The molecule has 1 atom stereocenters. The molecule has 0 radical (unpaired) electrons. The SMILES string of the molecule is CC(=O)c1c(C)[nH]c(C(=O)COC(=O)[C@H]2CCCO2)c1C. The maximum absolute atomic E-state index is 12.1. The molecule has 0 spiro atoms. The lowest BCUT2D eigenvalue weighted by Gasteiger charge is -2.08. The monoisotopic (exact) mass is 293 g/mol. The van der Waals surface area contributed by atoms with E-state index in [0.717, 1.165) is 6.42 Å².